The van der Waals surface area contributed by atoms with Crippen molar-refractivity contribution >= 4 is 23.3 Å². The summed E-state index contributed by atoms with van der Waals surface area (Å²) in [7, 11) is 0. The van der Waals surface area contributed by atoms with Gasteiger partial charge in [0.05, 0.1) is 23.2 Å². The average Bonchev–Trinajstić information content (AvgIpc) is 3.51. The van der Waals surface area contributed by atoms with Crippen LogP contribution in [0.5, 0.6) is 0 Å². The van der Waals surface area contributed by atoms with Gasteiger partial charge in [-0.05, 0) is 61.9 Å². The molecular formula is C30H30FN7O2. The number of primary amides is 1. The Hall–Kier alpha value is -4.34. The lowest BCUT2D eigenvalue weighted by Gasteiger charge is -2.35. The van der Waals surface area contributed by atoms with Crippen LogP contribution in [0.2, 0.25) is 0 Å². The predicted molar refractivity (Wildman–Crippen MR) is 147 cm³/mol. The van der Waals surface area contributed by atoms with E-state index in [0.717, 1.165) is 25.0 Å². The number of hydrogen-bond acceptors (Lipinski definition) is 6. The third-order valence-corrected chi connectivity index (χ3v) is 8.55. The fourth-order valence-electron chi connectivity index (χ4n) is 6.10. The zero-order valence-electron chi connectivity index (χ0n) is 22.3. The van der Waals surface area contributed by atoms with Gasteiger partial charge in [-0.2, -0.15) is 9.49 Å². The standard InChI is InChI=1S/C30H30FN7O2/c1-17-21-5-3-2-4-18(21)11-13-37(17)30(40)24-14-25(19-6-7-19)38-27(33-24)15-23(35-38)22-8-9-26(34-28(22)31)36-12-10-20(16-36)29(32)39/h2-5,8-9,14-15,17,19-20H,6-7,10-13,16H2,1H3,(H2,32,39)/t17-,20?/m1/s1. The van der Waals surface area contributed by atoms with Crippen molar-refractivity contribution in [1.29, 1.82) is 0 Å². The Balaban J connectivity index is 1.21. The molecule has 5 heterocycles. The number of nitrogens with zero attached hydrogens (tertiary/aromatic N) is 6. The third kappa shape index (κ3) is 4.18. The molecule has 3 aliphatic rings. The number of carbonyl (C=O) groups excluding carboxylic acids is 2. The maximum atomic E-state index is 15.3. The predicted octanol–water partition coefficient (Wildman–Crippen LogP) is 3.88. The van der Waals surface area contributed by atoms with E-state index in [-0.39, 0.29) is 29.3 Å². The molecule has 1 unspecified atom stereocenters. The van der Waals surface area contributed by atoms with Crippen molar-refractivity contribution in [2.24, 2.45) is 11.7 Å². The summed E-state index contributed by atoms with van der Waals surface area (Å²) in [6, 6.07) is 15.2. The van der Waals surface area contributed by atoms with Crippen molar-refractivity contribution < 1.29 is 14.0 Å². The molecule has 204 valence electrons. The summed E-state index contributed by atoms with van der Waals surface area (Å²) in [5, 5.41) is 4.70. The number of rotatable bonds is 5. The molecule has 40 heavy (non-hydrogen) atoms. The van der Waals surface area contributed by atoms with Gasteiger partial charge in [0.2, 0.25) is 11.9 Å². The van der Waals surface area contributed by atoms with Crippen molar-refractivity contribution in [3.63, 3.8) is 0 Å². The highest BCUT2D eigenvalue weighted by atomic mass is 19.1. The van der Waals surface area contributed by atoms with Crippen molar-refractivity contribution in [2.45, 2.75) is 44.6 Å². The molecule has 1 saturated carbocycles. The SMILES string of the molecule is C[C@@H]1c2ccccc2CCN1C(=O)c1cc(C2CC2)n2nc(-c3ccc(N4CCC(C(N)=O)C4)nc3F)cc2n1. The van der Waals surface area contributed by atoms with Crippen LogP contribution in [0.1, 0.15) is 65.5 Å². The number of aromatic nitrogens is 4. The highest BCUT2D eigenvalue weighted by Crippen LogP contribution is 2.41. The van der Waals surface area contributed by atoms with E-state index in [1.165, 1.54) is 11.1 Å². The van der Waals surface area contributed by atoms with Crippen molar-refractivity contribution in [3.8, 4) is 11.3 Å². The van der Waals surface area contributed by atoms with E-state index < -0.39 is 5.95 Å². The van der Waals surface area contributed by atoms with Crippen LogP contribution >= 0.6 is 0 Å². The summed E-state index contributed by atoms with van der Waals surface area (Å²) in [5.41, 5.74) is 10.4. The van der Waals surface area contributed by atoms with Crippen LogP contribution in [0.4, 0.5) is 10.2 Å². The van der Waals surface area contributed by atoms with Crippen LogP contribution in [0, 0.1) is 11.9 Å². The first-order valence-electron chi connectivity index (χ1n) is 13.9. The maximum absolute atomic E-state index is 15.3. The van der Waals surface area contributed by atoms with E-state index in [4.69, 9.17) is 15.8 Å². The van der Waals surface area contributed by atoms with Gasteiger partial charge in [-0.15, -0.1) is 0 Å². The molecule has 2 fully saturated rings. The number of fused-ring (bicyclic) bond motifs is 2. The molecule has 3 aromatic heterocycles. The lowest BCUT2D eigenvalue weighted by molar-refractivity contribution is -0.121. The minimum atomic E-state index is -0.645. The molecular weight excluding hydrogens is 509 g/mol. The lowest BCUT2D eigenvalue weighted by atomic mass is 9.93. The smallest absolute Gasteiger partial charge is 0.273 e. The summed E-state index contributed by atoms with van der Waals surface area (Å²) in [6.07, 6.45) is 3.47. The van der Waals surface area contributed by atoms with Crippen LogP contribution in [-0.2, 0) is 11.2 Å². The van der Waals surface area contributed by atoms with Crippen molar-refractivity contribution in [3.05, 3.63) is 77.0 Å². The molecule has 1 saturated heterocycles. The molecule has 0 bridgehead atoms. The summed E-state index contributed by atoms with van der Waals surface area (Å²) in [6.45, 7) is 3.72. The third-order valence-electron chi connectivity index (χ3n) is 8.55. The van der Waals surface area contributed by atoms with Crippen LogP contribution in [0.3, 0.4) is 0 Å². The second-order valence-corrected chi connectivity index (χ2v) is 11.1. The molecule has 0 spiro atoms. The van der Waals surface area contributed by atoms with Crippen LogP contribution in [0.15, 0.2) is 48.5 Å². The molecule has 2 amide bonds. The highest BCUT2D eigenvalue weighted by molar-refractivity contribution is 5.93. The van der Waals surface area contributed by atoms with E-state index in [2.05, 4.69) is 24.0 Å². The molecule has 4 aromatic rings. The topological polar surface area (TPSA) is 110 Å². The molecule has 1 aromatic carbocycles. The Morgan fingerprint density at radius 3 is 2.60 bits per heavy atom. The van der Waals surface area contributed by atoms with Crippen LogP contribution in [-0.4, -0.2) is 55.9 Å². The quantitative estimate of drug-likeness (QED) is 0.386. The molecule has 7 rings (SSSR count). The van der Waals surface area contributed by atoms with Gasteiger partial charge in [-0.25, -0.2) is 14.5 Å². The normalized spacial score (nSPS) is 20.6. The Bertz CT molecular complexity index is 1660. The van der Waals surface area contributed by atoms with Gasteiger partial charge in [-0.3, -0.25) is 9.59 Å². The molecule has 2 aliphatic heterocycles. The lowest BCUT2D eigenvalue weighted by Crippen LogP contribution is -2.39. The maximum Gasteiger partial charge on any atom is 0.273 e. The Morgan fingerprint density at radius 1 is 1.02 bits per heavy atom. The van der Waals surface area contributed by atoms with Gasteiger partial charge >= 0.3 is 0 Å². The first-order chi connectivity index (χ1) is 19.4. The second kappa shape index (κ2) is 9.39. The Labute approximate surface area is 230 Å². The summed E-state index contributed by atoms with van der Waals surface area (Å²) >= 11 is 0. The first kappa shape index (κ1) is 24.7. The summed E-state index contributed by atoms with van der Waals surface area (Å²) in [4.78, 5) is 37.9. The molecule has 0 radical (unpaired) electrons. The van der Waals surface area contributed by atoms with E-state index in [1.807, 2.05) is 28.0 Å². The van der Waals surface area contributed by atoms with E-state index in [9.17, 15) is 9.59 Å². The minimum Gasteiger partial charge on any atom is -0.369 e. The number of anilines is 1. The van der Waals surface area contributed by atoms with Gasteiger partial charge in [0.25, 0.3) is 5.91 Å². The Kier molecular flexibility index (Phi) is 5.80. The van der Waals surface area contributed by atoms with Crippen molar-refractivity contribution in [2.75, 3.05) is 24.5 Å². The first-order valence-corrected chi connectivity index (χ1v) is 13.9. The monoisotopic (exact) mass is 539 g/mol. The molecule has 2 N–H and O–H groups in total. The van der Waals surface area contributed by atoms with Crippen molar-refractivity contribution in [1.82, 2.24) is 24.5 Å². The number of halogens is 1. The molecule has 1 aliphatic carbocycles. The van der Waals surface area contributed by atoms with Gasteiger partial charge in [0.15, 0.2) is 5.65 Å². The van der Waals surface area contributed by atoms with Gasteiger partial charge < -0.3 is 15.5 Å². The second-order valence-electron chi connectivity index (χ2n) is 11.1. The summed E-state index contributed by atoms with van der Waals surface area (Å²) < 4.78 is 17.0. The van der Waals surface area contributed by atoms with Crippen LogP contribution < -0.4 is 10.6 Å². The van der Waals surface area contributed by atoms with E-state index in [0.29, 0.717) is 54.8 Å². The number of nitrogens with two attached hydrogens (primary N) is 1. The van der Waals surface area contributed by atoms with Crippen LogP contribution in [0.25, 0.3) is 16.9 Å². The molecule has 2 atom stereocenters. The molecule has 9 nitrogen and oxygen atoms in total. The van der Waals surface area contributed by atoms with E-state index in [1.54, 1.807) is 22.7 Å². The largest absolute Gasteiger partial charge is 0.369 e. The van der Waals surface area contributed by atoms with Gasteiger partial charge in [-0.1, -0.05) is 24.3 Å². The molecule has 10 heteroatoms. The van der Waals surface area contributed by atoms with Gasteiger partial charge in [0, 0.05) is 37.3 Å². The summed E-state index contributed by atoms with van der Waals surface area (Å²) in [5.74, 6) is -0.589. The number of hydrogen-bond donors (Lipinski definition) is 1. The minimum absolute atomic E-state index is 0.0483. The number of carbonyl (C=O) groups is 2. The fraction of sp³-hybridized carbons (Fsp3) is 0.367. The Morgan fingerprint density at radius 2 is 1.85 bits per heavy atom. The highest BCUT2D eigenvalue weighted by Gasteiger charge is 2.33. The number of benzene rings is 1. The average molecular weight is 540 g/mol. The zero-order valence-corrected chi connectivity index (χ0v) is 22.3. The fourth-order valence-corrected chi connectivity index (χ4v) is 6.10. The van der Waals surface area contributed by atoms with Gasteiger partial charge in [0.1, 0.15) is 11.5 Å². The van der Waals surface area contributed by atoms with E-state index >= 15 is 4.39 Å². The number of amides is 2. The number of pyridine rings is 1. The zero-order chi connectivity index (χ0) is 27.5.